The maximum atomic E-state index is 4.51. The largest absolute Gasteiger partial charge is 0.356 e. The van der Waals surface area contributed by atoms with E-state index in [9.17, 15) is 0 Å². The number of nitrogens with one attached hydrogen (secondary N) is 1. The lowest BCUT2D eigenvalue weighted by Gasteiger charge is -2.45. The van der Waals surface area contributed by atoms with Crippen LogP contribution in [-0.2, 0) is 0 Å². The molecule has 0 bridgehead atoms. The first kappa shape index (κ1) is 16.7. The molecule has 3 rings (SSSR count). The van der Waals surface area contributed by atoms with Gasteiger partial charge in [-0.2, -0.15) is 11.8 Å². The molecule has 0 aromatic carbocycles. The van der Waals surface area contributed by atoms with E-state index in [4.69, 9.17) is 0 Å². The Hall–Kier alpha value is 0.350. The first-order valence-corrected chi connectivity index (χ1v) is 8.89. The first-order valence-electron chi connectivity index (χ1n) is 7.91. The summed E-state index contributed by atoms with van der Waals surface area (Å²) in [6.07, 6.45) is 9.93. The third-order valence-electron chi connectivity index (χ3n) is 4.77. The van der Waals surface area contributed by atoms with Crippen molar-refractivity contribution in [2.24, 2.45) is 10.9 Å². The number of thioether (sulfide) groups is 1. The predicted octanol–water partition coefficient (Wildman–Crippen LogP) is 3.34. The maximum absolute atomic E-state index is 4.51. The van der Waals surface area contributed by atoms with Gasteiger partial charge in [-0.05, 0) is 31.6 Å². The zero-order valence-electron chi connectivity index (χ0n) is 12.6. The molecule has 1 heterocycles. The first-order chi connectivity index (χ1) is 9.31. The third kappa shape index (κ3) is 4.18. The average Bonchev–Trinajstić information content (AvgIpc) is 3.25. The van der Waals surface area contributed by atoms with E-state index in [0.717, 1.165) is 25.0 Å². The smallest absolute Gasteiger partial charge is 0.193 e. The molecule has 3 aliphatic rings. The van der Waals surface area contributed by atoms with E-state index < -0.39 is 0 Å². The summed E-state index contributed by atoms with van der Waals surface area (Å²) in [7, 11) is 1.94. The van der Waals surface area contributed by atoms with Crippen LogP contribution in [0, 0.1) is 5.92 Å². The number of rotatable bonds is 2. The Morgan fingerprint density at radius 1 is 1.30 bits per heavy atom. The van der Waals surface area contributed by atoms with Gasteiger partial charge in [0.15, 0.2) is 5.96 Å². The molecule has 1 aliphatic heterocycles. The van der Waals surface area contributed by atoms with Crippen molar-refractivity contribution in [2.45, 2.75) is 49.7 Å². The van der Waals surface area contributed by atoms with Gasteiger partial charge in [0.05, 0.1) is 0 Å². The number of hydrogen-bond acceptors (Lipinski definition) is 2. The Morgan fingerprint density at radius 3 is 2.70 bits per heavy atom. The van der Waals surface area contributed by atoms with Gasteiger partial charge in [-0.25, -0.2) is 0 Å². The molecular formula is C15H28IN3S. The van der Waals surface area contributed by atoms with E-state index in [2.05, 4.69) is 27.0 Å². The van der Waals surface area contributed by atoms with Gasteiger partial charge < -0.3 is 10.2 Å². The number of hydrogen-bond donors (Lipinski definition) is 1. The van der Waals surface area contributed by atoms with Crippen molar-refractivity contribution in [3.8, 4) is 0 Å². The molecule has 3 nitrogen and oxygen atoms in total. The van der Waals surface area contributed by atoms with E-state index in [1.165, 1.54) is 57.2 Å². The Morgan fingerprint density at radius 2 is 2.05 bits per heavy atom. The van der Waals surface area contributed by atoms with Gasteiger partial charge in [-0.15, -0.1) is 24.0 Å². The Kier molecular flexibility index (Phi) is 6.32. The Balaban J connectivity index is 0.00000147. The van der Waals surface area contributed by atoms with E-state index in [0.29, 0.717) is 4.75 Å². The molecule has 2 saturated carbocycles. The summed E-state index contributed by atoms with van der Waals surface area (Å²) < 4.78 is 0.535. The van der Waals surface area contributed by atoms with Gasteiger partial charge in [0.1, 0.15) is 0 Å². The zero-order chi connectivity index (χ0) is 13.1. The Bertz CT molecular complexity index is 333. The van der Waals surface area contributed by atoms with Gasteiger partial charge in [-0.1, -0.05) is 19.3 Å². The zero-order valence-corrected chi connectivity index (χ0v) is 15.7. The molecule has 116 valence electrons. The summed E-state index contributed by atoms with van der Waals surface area (Å²) in [4.78, 5) is 7.03. The molecule has 1 saturated heterocycles. The summed E-state index contributed by atoms with van der Waals surface area (Å²) >= 11 is 2.23. The van der Waals surface area contributed by atoms with Gasteiger partial charge in [0, 0.05) is 37.2 Å². The summed E-state index contributed by atoms with van der Waals surface area (Å²) in [5, 5.41) is 3.59. The second-order valence-corrected chi connectivity index (χ2v) is 7.95. The van der Waals surface area contributed by atoms with E-state index in [1.807, 2.05) is 7.05 Å². The lowest BCUT2D eigenvalue weighted by Crippen LogP contribution is -2.53. The van der Waals surface area contributed by atoms with Crippen LogP contribution >= 0.6 is 35.7 Å². The number of halogens is 1. The van der Waals surface area contributed by atoms with E-state index >= 15 is 0 Å². The molecule has 3 fully saturated rings. The fourth-order valence-corrected chi connectivity index (χ4v) is 4.98. The highest BCUT2D eigenvalue weighted by Gasteiger charge is 2.38. The van der Waals surface area contributed by atoms with Crippen molar-refractivity contribution in [1.82, 2.24) is 10.2 Å². The quantitative estimate of drug-likeness (QED) is 0.431. The topological polar surface area (TPSA) is 27.6 Å². The summed E-state index contributed by atoms with van der Waals surface area (Å²) in [5.74, 6) is 3.33. The monoisotopic (exact) mass is 409 g/mol. The van der Waals surface area contributed by atoms with Crippen molar-refractivity contribution < 1.29 is 0 Å². The van der Waals surface area contributed by atoms with E-state index in [1.54, 1.807) is 0 Å². The molecule has 0 amide bonds. The van der Waals surface area contributed by atoms with Crippen molar-refractivity contribution in [1.29, 1.82) is 0 Å². The van der Waals surface area contributed by atoms with Crippen LogP contribution < -0.4 is 5.32 Å². The van der Waals surface area contributed by atoms with Gasteiger partial charge >= 0.3 is 0 Å². The highest BCUT2D eigenvalue weighted by Crippen LogP contribution is 2.42. The molecule has 2 aliphatic carbocycles. The minimum absolute atomic E-state index is 0. The standard InChI is InChI=1S/C15H27N3S.HI/c1-16-14(17-11-13-5-6-13)18-9-10-19-15(12-18)7-3-2-4-8-15;/h13H,2-12H2,1H3,(H,16,17);1H. The molecule has 0 aromatic heterocycles. The SMILES string of the molecule is CN=C(NCC1CC1)N1CCSC2(CCCCC2)C1.I. The molecule has 0 unspecified atom stereocenters. The van der Waals surface area contributed by atoms with Crippen LogP contribution in [0.3, 0.4) is 0 Å². The van der Waals surface area contributed by atoms with Crippen molar-refractivity contribution in [3.05, 3.63) is 0 Å². The molecule has 0 aromatic rings. The second-order valence-electron chi connectivity index (χ2n) is 6.39. The number of nitrogens with zero attached hydrogens (tertiary/aromatic N) is 2. The number of guanidine groups is 1. The molecule has 5 heteroatoms. The second kappa shape index (κ2) is 7.56. The number of aliphatic imine (C=N–C) groups is 1. The van der Waals surface area contributed by atoms with Crippen LogP contribution in [0.25, 0.3) is 0 Å². The normalized spacial score (nSPS) is 26.2. The molecular weight excluding hydrogens is 381 g/mol. The van der Waals surface area contributed by atoms with Crippen molar-refractivity contribution in [3.63, 3.8) is 0 Å². The van der Waals surface area contributed by atoms with Crippen LogP contribution in [0.1, 0.15) is 44.9 Å². The molecule has 0 radical (unpaired) electrons. The summed E-state index contributed by atoms with van der Waals surface area (Å²) in [5.41, 5.74) is 0. The van der Waals surface area contributed by atoms with Crippen LogP contribution in [0.15, 0.2) is 4.99 Å². The van der Waals surface area contributed by atoms with Crippen LogP contribution in [0.4, 0.5) is 0 Å². The van der Waals surface area contributed by atoms with Gasteiger partial charge in [-0.3, -0.25) is 4.99 Å². The summed E-state index contributed by atoms with van der Waals surface area (Å²) in [6.45, 7) is 3.50. The lowest BCUT2D eigenvalue weighted by atomic mass is 9.87. The third-order valence-corrected chi connectivity index (χ3v) is 6.31. The highest BCUT2D eigenvalue weighted by molar-refractivity contribution is 14.0. The molecule has 1 spiro atoms. The van der Waals surface area contributed by atoms with Crippen molar-refractivity contribution >= 4 is 41.7 Å². The fraction of sp³-hybridized carbons (Fsp3) is 0.933. The fourth-order valence-electron chi connectivity index (χ4n) is 3.41. The highest BCUT2D eigenvalue weighted by atomic mass is 127. The van der Waals surface area contributed by atoms with Gasteiger partial charge in [0.25, 0.3) is 0 Å². The Labute approximate surface area is 144 Å². The minimum Gasteiger partial charge on any atom is -0.356 e. The molecule has 1 N–H and O–H groups in total. The predicted molar refractivity (Wildman–Crippen MR) is 99.3 cm³/mol. The van der Waals surface area contributed by atoms with Crippen LogP contribution in [0.2, 0.25) is 0 Å². The van der Waals surface area contributed by atoms with Gasteiger partial charge in [0.2, 0.25) is 0 Å². The maximum Gasteiger partial charge on any atom is 0.193 e. The summed E-state index contributed by atoms with van der Waals surface area (Å²) in [6, 6.07) is 0. The molecule has 0 atom stereocenters. The van der Waals surface area contributed by atoms with Crippen molar-refractivity contribution in [2.75, 3.05) is 32.4 Å². The lowest BCUT2D eigenvalue weighted by molar-refractivity contribution is 0.293. The van der Waals surface area contributed by atoms with Crippen LogP contribution in [0.5, 0.6) is 0 Å². The average molecular weight is 409 g/mol. The van der Waals surface area contributed by atoms with Crippen LogP contribution in [-0.4, -0.2) is 48.0 Å². The molecule has 20 heavy (non-hydrogen) atoms. The minimum atomic E-state index is 0. The van der Waals surface area contributed by atoms with E-state index in [-0.39, 0.29) is 24.0 Å².